The van der Waals surface area contributed by atoms with Crippen LogP contribution in [0.5, 0.6) is 5.88 Å². The number of H-pyrrole nitrogens is 1. The molecule has 1 amide bonds. The van der Waals surface area contributed by atoms with Crippen molar-refractivity contribution < 1.29 is 9.90 Å². The van der Waals surface area contributed by atoms with Crippen molar-refractivity contribution in [2.24, 2.45) is 5.10 Å². The molecule has 8 heteroatoms. The van der Waals surface area contributed by atoms with Crippen molar-refractivity contribution >= 4 is 23.4 Å². The molecule has 31 heavy (non-hydrogen) atoms. The Labute approximate surface area is 177 Å². The van der Waals surface area contributed by atoms with E-state index < -0.39 is 23.0 Å². The first-order valence-corrected chi connectivity index (χ1v) is 9.60. The average molecular weight is 416 g/mol. The van der Waals surface area contributed by atoms with Crippen LogP contribution in [-0.2, 0) is 4.79 Å². The van der Waals surface area contributed by atoms with Crippen molar-refractivity contribution in [3.05, 3.63) is 91.6 Å². The number of carbonyl (C=O) groups is 1. The van der Waals surface area contributed by atoms with Crippen LogP contribution >= 0.6 is 0 Å². The molecule has 0 radical (unpaired) electrons. The first-order chi connectivity index (χ1) is 14.8. The van der Waals surface area contributed by atoms with E-state index in [1.807, 2.05) is 32.0 Å². The zero-order chi connectivity index (χ0) is 22.3. The Hall–Kier alpha value is -4.20. The number of aryl methyl sites for hydroxylation is 2. The predicted octanol–water partition coefficient (Wildman–Crippen LogP) is 2.65. The van der Waals surface area contributed by atoms with Crippen LogP contribution in [0.4, 0.5) is 5.69 Å². The monoisotopic (exact) mass is 416 g/mol. The van der Waals surface area contributed by atoms with E-state index in [0.717, 1.165) is 15.7 Å². The number of para-hydroxylation sites is 1. The quantitative estimate of drug-likeness (QED) is 0.640. The van der Waals surface area contributed by atoms with Gasteiger partial charge in [0.15, 0.2) is 0 Å². The van der Waals surface area contributed by atoms with Gasteiger partial charge in [-0.3, -0.25) is 14.6 Å². The molecular formula is C23H20N4O4. The number of amides is 1. The van der Waals surface area contributed by atoms with Crippen LogP contribution in [0.3, 0.4) is 0 Å². The number of carbonyl (C=O) groups excluding carboxylic acids is 1. The molecule has 2 N–H and O–H groups in total. The van der Waals surface area contributed by atoms with Crippen LogP contribution in [0.1, 0.15) is 23.6 Å². The topological polar surface area (TPSA) is 108 Å². The van der Waals surface area contributed by atoms with Gasteiger partial charge in [0, 0.05) is 0 Å². The van der Waals surface area contributed by atoms with Crippen LogP contribution < -0.4 is 16.3 Å². The maximum absolute atomic E-state index is 13.0. The van der Waals surface area contributed by atoms with E-state index in [9.17, 15) is 19.5 Å². The second-order valence-corrected chi connectivity index (χ2v) is 7.32. The Bertz CT molecular complexity index is 1400. The van der Waals surface area contributed by atoms with Crippen LogP contribution in [0.25, 0.3) is 11.8 Å². The van der Waals surface area contributed by atoms with E-state index in [2.05, 4.69) is 10.1 Å². The van der Waals surface area contributed by atoms with Gasteiger partial charge < -0.3 is 5.11 Å². The molecule has 1 aromatic heterocycles. The van der Waals surface area contributed by atoms with Crippen molar-refractivity contribution in [3.8, 4) is 11.6 Å². The third-order valence-corrected chi connectivity index (χ3v) is 5.08. The summed E-state index contributed by atoms with van der Waals surface area (Å²) in [4.78, 5) is 40.1. The maximum atomic E-state index is 13.0. The molecule has 0 saturated heterocycles. The van der Waals surface area contributed by atoms with Crippen molar-refractivity contribution in [2.75, 3.05) is 5.01 Å². The highest BCUT2D eigenvalue weighted by molar-refractivity contribution is 6.32. The van der Waals surface area contributed by atoms with Gasteiger partial charge in [-0.05, 0) is 56.2 Å². The lowest BCUT2D eigenvalue weighted by atomic mass is 10.1. The van der Waals surface area contributed by atoms with Crippen LogP contribution in [0.15, 0.2) is 68.8 Å². The highest BCUT2D eigenvalue weighted by atomic mass is 16.3. The van der Waals surface area contributed by atoms with E-state index in [1.165, 1.54) is 11.1 Å². The molecule has 1 aliphatic rings. The molecule has 0 atom stereocenters. The van der Waals surface area contributed by atoms with Crippen molar-refractivity contribution in [1.82, 2.24) is 9.55 Å². The Morgan fingerprint density at radius 1 is 1.00 bits per heavy atom. The summed E-state index contributed by atoms with van der Waals surface area (Å²) in [6.45, 7) is 5.35. The van der Waals surface area contributed by atoms with Crippen LogP contribution in [0, 0.1) is 13.8 Å². The Morgan fingerprint density at radius 3 is 2.45 bits per heavy atom. The predicted molar refractivity (Wildman–Crippen MR) is 119 cm³/mol. The fraction of sp³-hybridized carbons (Fsp3) is 0.130. The van der Waals surface area contributed by atoms with E-state index >= 15 is 0 Å². The molecule has 156 valence electrons. The molecule has 8 nitrogen and oxygen atoms in total. The molecule has 0 unspecified atom stereocenters. The van der Waals surface area contributed by atoms with E-state index in [-0.39, 0.29) is 11.1 Å². The number of rotatable bonds is 3. The molecule has 0 fully saturated rings. The van der Waals surface area contributed by atoms with Crippen molar-refractivity contribution in [2.45, 2.75) is 20.8 Å². The van der Waals surface area contributed by atoms with Crippen LogP contribution in [0.2, 0.25) is 0 Å². The second-order valence-electron chi connectivity index (χ2n) is 7.32. The summed E-state index contributed by atoms with van der Waals surface area (Å²) in [6.07, 6.45) is 1.26. The van der Waals surface area contributed by atoms with Crippen molar-refractivity contribution in [3.63, 3.8) is 0 Å². The lowest BCUT2D eigenvalue weighted by Crippen LogP contribution is -2.30. The standard InChI is InChI=1S/C23H20N4O4/c1-13-7-6-9-16(11-13)26-21(29)18(20(28)24-23(26)31)12-17-15(3)25-27(22(17)30)19-10-5-4-8-14(19)2/h4-12,29H,1-3H3,(H,24,28,31)/b17-12+. The van der Waals surface area contributed by atoms with Gasteiger partial charge in [-0.2, -0.15) is 10.1 Å². The van der Waals surface area contributed by atoms with E-state index in [1.54, 1.807) is 37.3 Å². The fourth-order valence-corrected chi connectivity index (χ4v) is 3.47. The van der Waals surface area contributed by atoms with Gasteiger partial charge in [0.2, 0.25) is 5.88 Å². The molecular weight excluding hydrogens is 396 g/mol. The van der Waals surface area contributed by atoms with Gasteiger partial charge >= 0.3 is 5.69 Å². The van der Waals surface area contributed by atoms with Crippen LogP contribution in [-0.4, -0.2) is 26.3 Å². The van der Waals surface area contributed by atoms with Crippen molar-refractivity contribution in [1.29, 1.82) is 0 Å². The lowest BCUT2D eigenvalue weighted by Gasteiger charge is -2.14. The summed E-state index contributed by atoms with van der Waals surface area (Å²) in [5.41, 5.74) is 1.51. The maximum Gasteiger partial charge on any atom is 0.335 e. The Kier molecular flexibility index (Phi) is 4.90. The first-order valence-electron chi connectivity index (χ1n) is 9.60. The Morgan fingerprint density at radius 2 is 1.74 bits per heavy atom. The minimum Gasteiger partial charge on any atom is -0.494 e. The Balaban J connectivity index is 1.85. The third kappa shape index (κ3) is 3.48. The van der Waals surface area contributed by atoms with Gasteiger partial charge in [0.05, 0.1) is 22.7 Å². The first kappa shape index (κ1) is 20.1. The minimum atomic E-state index is -0.797. The number of aromatic nitrogens is 2. The number of hydrogen-bond acceptors (Lipinski definition) is 5. The van der Waals surface area contributed by atoms with E-state index in [4.69, 9.17) is 0 Å². The second kappa shape index (κ2) is 7.56. The number of hydrazone groups is 1. The molecule has 3 aromatic rings. The average Bonchev–Trinajstić information content (AvgIpc) is 2.99. The molecule has 0 spiro atoms. The summed E-state index contributed by atoms with van der Waals surface area (Å²) in [6, 6.07) is 14.2. The number of nitrogens with zero attached hydrogens (tertiary/aromatic N) is 3. The van der Waals surface area contributed by atoms with E-state index in [0.29, 0.717) is 17.1 Å². The van der Waals surface area contributed by atoms with Gasteiger partial charge in [-0.15, -0.1) is 0 Å². The lowest BCUT2D eigenvalue weighted by molar-refractivity contribution is -0.114. The molecule has 2 aromatic carbocycles. The normalized spacial score (nSPS) is 14.9. The van der Waals surface area contributed by atoms with Gasteiger partial charge in [-0.1, -0.05) is 30.3 Å². The number of benzene rings is 2. The minimum absolute atomic E-state index is 0.151. The third-order valence-electron chi connectivity index (χ3n) is 5.08. The summed E-state index contributed by atoms with van der Waals surface area (Å²) >= 11 is 0. The molecule has 4 rings (SSSR count). The molecule has 0 saturated carbocycles. The summed E-state index contributed by atoms with van der Waals surface area (Å²) in [7, 11) is 0. The summed E-state index contributed by atoms with van der Waals surface area (Å²) in [5, 5.41) is 16.4. The number of aromatic hydroxyl groups is 1. The molecule has 2 heterocycles. The highest BCUT2D eigenvalue weighted by Gasteiger charge is 2.30. The zero-order valence-corrected chi connectivity index (χ0v) is 17.2. The molecule has 1 aliphatic heterocycles. The number of aromatic amines is 1. The number of hydrogen-bond donors (Lipinski definition) is 2. The number of anilines is 1. The zero-order valence-electron chi connectivity index (χ0n) is 17.2. The largest absolute Gasteiger partial charge is 0.494 e. The van der Waals surface area contributed by atoms with Gasteiger partial charge in [0.1, 0.15) is 5.56 Å². The highest BCUT2D eigenvalue weighted by Crippen LogP contribution is 2.28. The summed E-state index contributed by atoms with van der Waals surface area (Å²) in [5.74, 6) is -0.985. The number of nitrogens with one attached hydrogen (secondary N) is 1. The molecule has 0 aliphatic carbocycles. The van der Waals surface area contributed by atoms with Gasteiger partial charge in [-0.25, -0.2) is 9.36 Å². The summed E-state index contributed by atoms with van der Waals surface area (Å²) < 4.78 is 0.992. The fourth-order valence-electron chi connectivity index (χ4n) is 3.47. The SMILES string of the molecule is CC1=NN(c2ccccc2C)C(=O)/C1=C/c1c(O)n(-c2cccc(C)c2)c(=O)[nH]c1=O. The smallest absolute Gasteiger partial charge is 0.335 e. The van der Waals surface area contributed by atoms with Gasteiger partial charge in [0.25, 0.3) is 11.5 Å². The molecule has 0 bridgehead atoms.